The lowest BCUT2D eigenvalue weighted by Crippen LogP contribution is -2.45. The molecule has 0 saturated carbocycles. The minimum Gasteiger partial charge on any atom is -0.309 e. The smallest absolute Gasteiger partial charge is 0.154 e. The standard InChI is InChI=1S/C14H21BrFNO2S/c1-5-9-17-13(14(2,3)20(4,18)19)10-7-6-8-11(15)12(10)16/h6-8,13,17H,5,9H2,1-4H3. The number of benzene rings is 1. The maximum absolute atomic E-state index is 14.3. The molecule has 1 aromatic carbocycles. The van der Waals surface area contributed by atoms with Crippen LogP contribution in [-0.2, 0) is 9.84 Å². The van der Waals surface area contributed by atoms with Crippen molar-refractivity contribution < 1.29 is 12.8 Å². The zero-order valence-electron chi connectivity index (χ0n) is 12.2. The molecule has 0 bridgehead atoms. The number of halogens is 2. The Bertz CT molecular complexity index is 573. The van der Waals surface area contributed by atoms with Crippen molar-refractivity contribution in [2.45, 2.75) is 38.0 Å². The molecule has 1 rings (SSSR count). The fourth-order valence-corrected chi connectivity index (χ4v) is 3.00. The van der Waals surface area contributed by atoms with Gasteiger partial charge in [-0.25, -0.2) is 12.8 Å². The molecular formula is C14H21BrFNO2S. The van der Waals surface area contributed by atoms with Gasteiger partial charge in [0.2, 0.25) is 0 Å². The molecule has 1 aromatic rings. The highest BCUT2D eigenvalue weighted by atomic mass is 79.9. The van der Waals surface area contributed by atoms with Gasteiger partial charge < -0.3 is 5.32 Å². The van der Waals surface area contributed by atoms with Gasteiger partial charge >= 0.3 is 0 Å². The molecule has 1 N–H and O–H groups in total. The van der Waals surface area contributed by atoms with Gasteiger partial charge in [0, 0.05) is 11.8 Å². The van der Waals surface area contributed by atoms with Crippen molar-refractivity contribution in [2.75, 3.05) is 12.8 Å². The van der Waals surface area contributed by atoms with E-state index in [1.165, 1.54) is 6.26 Å². The molecule has 0 aliphatic rings. The van der Waals surface area contributed by atoms with E-state index in [2.05, 4.69) is 21.2 Å². The van der Waals surface area contributed by atoms with Crippen LogP contribution in [0.2, 0.25) is 0 Å². The van der Waals surface area contributed by atoms with Crippen molar-refractivity contribution in [3.8, 4) is 0 Å². The molecule has 0 heterocycles. The first-order valence-corrected chi connectivity index (χ1v) is 9.18. The second-order valence-electron chi connectivity index (χ2n) is 5.41. The van der Waals surface area contributed by atoms with E-state index in [9.17, 15) is 12.8 Å². The number of nitrogens with one attached hydrogen (secondary N) is 1. The van der Waals surface area contributed by atoms with E-state index in [4.69, 9.17) is 0 Å². The predicted octanol–water partition coefficient (Wildman–Crippen LogP) is 3.45. The lowest BCUT2D eigenvalue weighted by Gasteiger charge is -2.34. The van der Waals surface area contributed by atoms with Gasteiger partial charge in [-0.05, 0) is 48.8 Å². The van der Waals surface area contributed by atoms with Gasteiger partial charge in [-0.15, -0.1) is 0 Å². The van der Waals surface area contributed by atoms with E-state index in [0.29, 0.717) is 16.6 Å². The summed E-state index contributed by atoms with van der Waals surface area (Å²) in [4.78, 5) is 0. The molecule has 0 amide bonds. The normalized spacial score (nSPS) is 14.3. The van der Waals surface area contributed by atoms with E-state index in [1.54, 1.807) is 32.0 Å². The van der Waals surface area contributed by atoms with Crippen LogP contribution in [-0.4, -0.2) is 26.0 Å². The van der Waals surface area contributed by atoms with E-state index in [1.807, 2.05) is 6.92 Å². The first-order chi connectivity index (χ1) is 9.13. The Balaban J connectivity index is 3.36. The van der Waals surface area contributed by atoms with Crippen molar-refractivity contribution in [3.05, 3.63) is 34.1 Å². The van der Waals surface area contributed by atoms with Crippen LogP contribution in [0.4, 0.5) is 4.39 Å². The molecule has 0 aromatic heterocycles. The third-order valence-electron chi connectivity index (χ3n) is 3.54. The Labute approximate surface area is 129 Å². The largest absolute Gasteiger partial charge is 0.309 e. The minimum atomic E-state index is -3.35. The van der Waals surface area contributed by atoms with Crippen molar-refractivity contribution in [1.82, 2.24) is 5.32 Å². The number of rotatable bonds is 6. The van der Waals surface area contributed by atoms with E-state index >= 15 is 0 Å². The highest BCUT2D eigenvalue weighted by molar-refractivity contribution is 9.10. The van der Waals surface area contributed by atoms with Crippen LogP contribution < -0.4 is 5.32 Å². The fraction of sp³-hybridized carbons (Fsp3) is 0.571. The molecule has 114 valence electrons. The van der Waals surface area contributed by atoms with Gasteiger partial charge in [-0.1, -0.05) is 19.1 Å². The van der Waals surface area contributed by atoms with Crippen molar-refractivity contribution in [2.24, 2.45) is 0 Å². The summed E-state index contributed by atoms with van der Waals surface area (Å²) in [5.41, 5.74) is 0.364. The molecule has 1 unspecified atom stereocenters. The van der Waals surface area contributed by atoms with Crippen LogP contribution >= 0.6 is 15.9 Å². The zero-order chi connectivity index (χ0) is 15.6. The average molecular weight is 366 g/mol. The number of sulfone groups is 1. The summed E-state index contributed by atoms with van der Waals surface area (Å²) in [5, 5.41) is 3.16. The Hall–Kier alpha value is -0.460. The van der Waals surface area contributed by atoms with Crippen LogP contribution in [0, 0.1) is 5.82 Å². The summed E-state index contributed by atoms with van der Waals surface area (Å²) in [6, 6.07) is 4.33. The van der Waals surface area contributed by atoms with Crippen LogP contribution in [0.5, 0.6) is 0 Å². The van der Waals surface area contributed by atoms with Gasteiger partial charge in [-0.2, -0.15) is 0 Å². The summed E-state index contributed by atoms with van der Waals surface area (Å²) in [5.74, 6) is -0.419. The van der Waals surface area contributed by atoms with E-state index in [-0.39, 0.29) is 0 Å². The first-order valence-electron chi connectivity index (χ1n) is 6.49. The summed E-state index contributed by atoms with van der Waals surface area (Å²) >= 11 is 3.15. The molecule has 0 saturated heterocycles. The maximum atomic E-state index is 14.3. The molecule has 1 atom stereocenters. The van der Waals surface area contributed by atoms with Crippen LogP contribution in [0.25, 0.3) is 0 Å². The molecule has 0 radical (unpaired) electrons. The molecule has 0 spiro atoms. The van der Waals surface area contributed by atoms with E-state index in [0.717, 1.165) is 6.42 Å². The van der Waals surface area contributed by atoms with Crippen molar-refractivity contribution >= 4 is 25.8 Å². The average Bonchev–Trinajstić information content (AvgIpc) is 2.33. The SMILES string of the molecule is CCCNC(c1cccc(Br)c1F)C(C)(C)S(C)(=O)=O. The number of hydrogen-bond donors (Lipinski definition) is 1. The van der Waals surface area contributed by atoms with Gasteiger partial charge in [-0.3, -0.25) is 0 Å². The monoisotopic (exact) mass is 365 g/mol. The molecule has 0 fully saturated rings. The Kier molecular flexibility index (Phi) is 5.75. The van der Waals surface area contributed by atoms with Crippen LogP contribution in [0.1, 0.15) is 38.8 Å². The Morgan fingerprint density at radius 3 is 2.50 bits per heavy atom. The highest BCUT2D eigenvalue weighted by Gasteiger charge is 2.40. The molecule has 0 aliphatic heterocycles. The van der Waals surface area contributed by atoms with Gasteiger partial charge in [0.1, 0.15) is 5.82 Å². The van der Waals surface area contributed by atoms with Crippen molar-refractivity contribution in [1.29, 1.82) is 0 Å². The predicted molar refractivity (Wildman–Crippen MR) is 84.1 cm³/mol. The first kappa shape index (κ1) is 17.6. The van der Waals surface area contributed by atoms with E-state index < -0.39 is 26.4 Å². The third kappa shape index (κ3) is 3.59. The molecular weight excluding hydrogens is 345 g/mol. The van der Waals surface area contributed by atoms with Gasteiger partial charge in [0.05, 0.1) is 15.3 Å². The summed E-state index contributed by atoms with van der Waals surface area (Å²) in [6.07, 6.45) is 2.02. The van der Waals surface area contributed by atoms with Crippen molar-refractivity contribution in [3.63, 3.8) is 0 Å². The molecule has 6 heteroatoms. The highest BCUT2D eigenvalue weighted by Crippen LogP contribution is 2.35. The lowest BCUT2D eigenvalue weighted by molar-refractivity contribution is 0.406. The summed E-state index contributed by atoms with van der Waals surface area (Å²) in [6.45, 7) is 5.84. The van der Waals surface area contributed by atoms with Gasteiger partial charge in [0.25, 0.3) is 0 Å². The topological polar surface area (TPSA) is 46.2 Å². The van der Waals surface area contributed by atoms with Gasteiger partial charge in [0.15, 0.2) is 9.84 Å². The number of hydrogen-bond acceptors (Lipinski definition) is 3. The summed E-state index contributed by atoms with van der Waals surface area (Å²) in [7, 11) is -3.35. The molecule has 20 heavy (non-hydrogen) atoms. The van der Waals surface area contributed by atoms with Crippen LogP contribution in [0.15, 0.2) is 22.7 Å². The van der Waals surface area contributed by atoms with Crippen LogP contribution in [0.3, 0.4) is 0 Å². The third-order valence-corrected chi connectivity index (χ3v) is 6.30. The zero-order valence-corrected chi connectivity index (χ0v) is 14.6. The second kappa shape index (κ2) is 6.54. The fourth-order valence-electron chi connectivity index (χ4n) is 1.98. The maximum Gasteiger partial charge on any atom is 0.154 e. The molecule has 3 nitrogen and oxygen atoms in total. The molecule has 0 aliphatic carbocycles. The summed E-state index contributed by atoms with van der Waals surface area (Å²) < 4.78 is 37.7. The Morgan fingerprint density at radius 2 is 2.00 bits per heavy atom. The second-order valence-corrected chi connectivity index (χ2v) is 8.86. The lowest BCUT2D eigenvalue weighted by atomic mass is 9.94. The quantitative estimate of drug-likeness (QED) is 0.839. The minimum absolute atomic E-state index is 0.336. The Morgan fingerprint density at radius 1 is 1.40 bits per heavy atom.